The summed E-state index contributed by atoms with van der Waals surface area (Å²) >= 11 is 0. The van der Waals surface area contributed by atoms with Crippen LogP contribution >= 0.6 is 0 Å². The van der Waals surface area contributed by atoms with Gasteiger partial charge in [0.25, 0.3) is 0 Å². The molecule has 0 aliphatic rings. The monoisotopic (exact) mass is 246 g/mol. The minimum atomic E-state index is -0.869. The number of carboxylic acids is 1. The first-order valence-corrected chi connectivity index (χ1v) is 5.55. The van der Waals surface area contributed by atoms with Crippen molar-refractivity contribution in [3.63, 3.8) is 0 Å². The highest BCUT2D eigenvalue weighted by Crippen LogP contribution is 2.15. The second kappa shape index (κ2) is 5.35. The zero-order valence-corrected chi connectivity index (χ0v) is 10.0. The summed E-state index contributed by atoms with van der Waals surface area (Å²) in [5.74, 6) is 0.677. The van der Waals surface area contributed by atoms with Crippen LogP contribution in [0.4, 0.5) is 0 Å². The number of nitrogens with one attached hydrogen (secondary N) is 1. The van der Waals surface area contributed by atoms with Gasteiger partial charge in [-0.15, -0.1) is 0 Å². The van der Waals surface area contributed by atoms with Gasteiger partial charge in [-0.05, 0) is 17.7 Å². The molecule has 0 spiro atoms. The first-order valence-electron chi connectivity index (χ1n) is 5.55. The Bertz CT molecular complexity index is 549. The molecule has 0 unspecified atom stereocenters. The quantitative estimate of drug-likeness (QED) is 0.840. The molecule has 5 nitrogen and oxygen atoms in total. The van der Waals surface area contributed by atoms with Crippen molar-refractivity contribution in [2.45, 2.75) is 12.8 Å². The molecule has 0 bridgehead atoms. The van der Waals surface area contributed by atoms with Crippen molar-refractivity contribution in [1.82, 2.24) is 9.97 Å². The van der Waals surface area contributed by atoms with Gasteiger partial charge in [0.2, 0.25) is 0 Å². The fourth-order valence-electron chi connectivity index (χ4n) is 1.72. The van der Waals surface area contributed by atoms with Crippen LogP contribution in [0.3, 0.4) is 0 Å². The number of aromatic amines is 1. The van der Waals surface area contributed by atoms with Crippen LogP contribution < -0.4 is 4.74 Å². The Morgan fingerprint density at radius 3 is 3.06 bits per heavy atom. The standard InChI is InChI=1S/C13H14N2O3/c1-18-11-4-2-3-9(5-11)6-12-14-8-10(15-12)7-13(16)17/h2-5,8H,6-7H2,1H3,(H,14,15)(H,16,17). The molecule has 1 aromatic carbocycles. The number of carbonyl (C=O) groups is 1. The van der Waals surface area contributed by atoms with E-state index in [4.69, 9.17) is 9.84 Å². The van der Waals surface area contributed by atoms with Gasteiger partial charge >= 0.3 is 5.97 Å². The Labute approximate surface area is 104 Å². The van der Waals surface area contributed by atoms with Gasteiger partial charge in [-0.25, -0.2) is 4.98 Å². The number of imidazole rings is 1. The van der Waals surface area contributed by atoms with Gasteiger partial charge < -0.3 is 14.8 Å². The number of ether oxygens (including phenoxy) is 1. The van der Waals surface area contributed by atoms with Gasteiger partial charge in [-0.3, -0.25) is 4.79 Å². The molecule has 0 fully saturated rings. The Morgan fingerprint density at radius 1 is 1.50 bits per heavy atom. The van der Waals surface area contributed by atoms with Crippen LogP contribution in [0.2, 0.25) is 0 Å². The molecule has 0 saturated carbocycles. The number of aromatic nitrogens is 2. The minimum Gasteiger partial charge on any atom is -0.497 e. The zero-order chi connectivity index (χ0) is 13.0. The molecular formula is C13H14N2O3. The third-order valence-electron chi connectivity index (χ3n) is 2.53. The maximum atomic E-state index is 10.6. The first kappa shape index (κ1) is 12.2. The lowest BCUT2D eigenvalue weighted by Crippen LogP contribution is -2.00. The molecule has 0 saturated heterocycles. The van der Waals surface area contributed by atoms with E-state index >= 15 is 0 Å². The smallest absolute Gasteiger partial charge is 0.309 e. The number of hydrogen-bond acceptors (Lipinski definition) is 3. The second-order valence-electron chi connectivity index (χ2n) is 3.95. The number of benzene rings is 1. The lowest BCUT2D eigenvalue weighted by Gasteiger charge is -2.02. The topological polar surface area (TPSA) is 75.2 Å². The van der Waals surface area contributed by atoms with E-state index in [1.165, 1.54) is 0 Å². The number of nitrogens with zero attached hydrogens (tertiary/aromatic N) is 1. The van der Waals surface area contributed by atoms with Crippen molar-refractivity contribution in [2.75, 3.05) is 7.11 Å². The second-order valence-corrected chi connectivity index (χ2v) is 3.95. The molecule has 0 radical (unpaired) electrons. The Hall–Kier alpha value is -2.30. The highest BCUT2D eigenvalue weighted by molar-refractivity contribution is 5.69. The van der Waals surface area contributed by atoms with Crippen LogP contribution in [0.1, 0.15) is 17.1 Å². The summed E-state index contributed by atoms with van der Waals surface area (Å²) in [6, 6.07) is 7.69. The highest BCUT2D eigenvalue weighted by Gasteiger charge is 2.06. The van der Waals surface area contributed by atoms with Crippen LogP contribution in [0.15, 0.2) is 30.5 Å². The lowest BCUT2D eigenvalue weighted by atomic mass is 10.1. The molecule has 0 atom stereocenters. The van der Waals surface area contributed by atoms with Gasteiger partial charge in [0.05, 0.1) is 13.5 Å². The fourth-order valence-corrected chi connectivity index (χ4v) is 1.72. The lowest BCUT2D eigenvalue weighted by molar-refractivity contribution is -0.136. The molecule has 1 aromatic heterocycles. The Morgan fingerprint density at radius 2 is 2.33 bits per heavy atom. The molecule has 0 aliphatic carbocycles. The molecule has 2 N–H and O–H groups in total. The van der Waals surface area contributed by atoms with E-state index in [2.05, 4.69) is 9.97 Å². The summed E-state index contributed by atoms with van der Waals surface area (Å²) < 4.78 is 5.14. The molecule has 18 heavy (non-hydrogen) atoms. The number of methoxy groups -OCH3 is 1. The van der Waals surface area contributed by atoms with Crippen molar-refractivity contribution in [3.05, 3.63) is 47.5 Å². The SMILES string of the molecule is COc1cccc(Cc2ncc(CC(=O)O)[nH]2)c1. The number of aliphatic carboxylic acids is 1. The van der Waals surface area contributed by atoms with Gasteiger partial charge in [-0.1, -0.05) is 12.1 Å². The average molecular weight is 246 g/mol. The zero-order valence-electron chi connectivity index (χ0n) is 10.0. The summed E-state index contributed by atoms with van der Waals surface area (Å²) in [6.45, 7) is 0. The van der Waals surface area contributed by atoms with Gasteiger partial charge in [0, 0.05) is 18.3 Å². The summed E-state index contributed by atoms with van der Waals surface area (Å²) in [7, 11) is 1.62. The van der Waals surface area contributed by atoms with Crippen molar-refractivity contribution < 1.29 is 14.6 Å². The van der Waals surface area contributed by atoms with Crippen LogP contribution in [-0.4, -0.2) is 28.2 Å². The molecule has 0 amide bonds. The maximum Gasteiger partial charge on any atom is 0.309 e. The normalized spacial score (nSPS) is 10.3. The molecule has 2 aromatic rings. The number of H-pyrrole nitrogens is 1. The van der Waals surface area contributed by atoms with E-state index in [0.717, 1.165) is 17.1 Å². The highest BCUT2D eigenvalue weighted by atomic mass is 16.5. The van der Waals surface area contributed by atoms with Crippen LogP contribution in [0.5, 0.6) is 5.75 Å². The van der Waals surface area contributed by atoms with E-state index < -0.39 is 5.97 Å². The summed E-state index contributed by atoms with van der Waals surface area (Å²) in [4.78, 5) is 17.7. The van der Waals surface area contributed by atoms with Crippen molar-refractivity contribution in [1.29, 1.82) is 0 Å². The number of rotatable bonds is 5. The predicted molar refractivity (Wildman–Crippen MR) is 65.7 cm³/mol. The number of carboxylic acid groups (broad SMARTS) is 1. The van der Waals surface area contributed by atoms with Crippen LogP contribution in [-0.2, 0) is 17.6 Å². The van der Waals surface area contributed by atoms with E-state index in [1.54, 1.807) is 13.3 Å². The average Bonchev–Trinajstić information content (AvgIpc) is 2.76. The van der Waals surface area contributed by atoms with Crippen LogP contribution in [0, 0.1) is 0 Å². The summed E-state index contributed by atoms with van der Waals surface area (Å²) in [5, 5.41) is 8.67. The molecular weight excluding hydrogens is 232 g/mol. The van der Waals surface area contributed by atoms with E-state index in [9.17, 15) is 4.79 Å². The Balaban J connectivity index is 2.08. The predicted octanol–water partition coefficient (Wildman–Crippen LogP) is 1.64. The van der Waals surface area contributed by atoms with E-state index in [1.807, 2.05) is 24.3 Å². The van der Waals surface area contributed by atoms with Crippen molar-refractivity contribution in [2.24, 2.45) is 0 Å². The van der Waals surface area contributed by atoms with Crippen molar-refractivity contribution in [3.8, 4) is 5.75 Å². The summed E-state index contributed by atoms with van der Waals surface area (Å²) in [6.07, 6.45) is 2.14. The number of hydrogen-bond donors (Lipinski definition) is 2. The molecule has 5 heteroatoms. The first-order chi connectivity index (χ1) is 8.67. The molecule has 2 rings (SSSR count). The largest absolute Gasteiger partial charge is 0.497 e. The van der Waals surface area contributed by atoms with Gasteiger partial charge in [0.1, 0.15) is 11.6 Å². The van der Waals surface area contributed by atoms with E-state index in [0.29, 0.717) is 12.1 Å². The third-order valence-corrected chi connectivity index (χ3v) is 2.53. The maximum absolute atomic E-state index is 10.6. The van der Waals surface area contributed by atoms with Gasteiger partial charge in [-0.2, -0.15) is 0 Å². The Kier molecular flexibility index (Phi) is 3.62. The summed E-state index contributed by atoms with van der Waals surface area (Å²) in [5.41, 5.74) is 1.67. The fraction of sp³-hybridized carbons (Fsp3) is 0.231. The van der Waals surface area contributed by atoms with Crippen molar-refractivity contribution >= 4 is 5.97 Å². The van der Waals surface area contributed by atoms with Crippen LogP contribution in [0.25, 0.3) is 0 Å². The molecule has 0 aliphatic heterocycles. The molecule has 94 valence electrons. The van der Waals surface area contributed by atoms with E-state index in [-0.39, 0.29) is 6.42 Å². The third kappa shape index (κ3) is 3.10. The van der Waals surface area contributed by atoms with Gasteiger partial charge in [0.15, 0.2) is 0 Å². The minimum absolute atomic E-state index is 0.0366. The molecule has 1 heterocycles.